The van der Waals surface area contributed by atoms with Gasteiger partial charge in [-0.3, -0.25) is 4.79 Å². The molecule has 0 unspecified atom stereocenters. The molecule has 3 aromatic heterocycles. The summed E-state index contributed by atoms with van der Waals surface area (Å²) in [6, 6.07) is 9.43. The number of pyridine rings is 1. The van der Waals surface area contributed by atoms with E-state index in [1.54, 1.807) is 11.3 Å². The Hall–Kier alpha value is -2.04. The van der Waals surface area contributed by atoms with Crippen LogP contribution in [0.2, 0.25) is 5.02 Å². The quantitative estimate of drug-likeness (QED) is 0.525. The number of rotatable bonds is 1. The van der Waals surface area contributed by atoms with Crippen LogP contribution in [0.1, 0.15) is 5.56 Å². The molecule has 0 radical (unpaired) electrons. The highest BCUT2D eigenvalue weighted by molar-refractivity contribution is 7.13. The maximum Gasteiger partial charge on any atom is 0.249 e. The smallest absolute Gasteiger partial charge is 0.249 e. The Balaban J connectivity index is 2.19. The molecule has 3 heterocycles. The summed E-state index contributed by atoms with van der Waals surface area (Å²) in [7, 11) is 0. The fraction of sp³-hybridized carbons (Fsp3) is 0.0625. The van der Waals surface area contributed by atoms with Crippen LogP contribution in [-0.4, -0.2) is 9.97 Å². The van der Waals surface area contributed by atoms with E-state index in [4.69, 9.17) is 11.6 Å². The zero-order valence-electron chi connectivity index (χ0n) is 11.2. The topological polar surface area (TPSA) is 48.6 Å². The van der Waals surface area contributed by atoms with Crippen LogP contribution in [0.3, 0.4) is 0 Å². The van der Waals surface area contributed by atoms with E-state index in [2.05, 4.69) is 28.3 Å². The molecule has 2 N–H and O–H groups in total. The zero-order valence-corrected chi connectivity index (χ0v) is 12.7. The summed E-state index contributed by atoms with van der Waals surface area (Å²) < 4.78 is 0. The minimum absolute atomic E-state index is 0.182. The normalized spacial score (nSPS) is 11.5. The summed E-state index contributed by atoms with van der Waals surface area (Å²) in [5, 5.41) is 4.50. The second-order valence-electron chi connectivity index (χ2n) is 4.99. The Kier molecular flexibility index (Phi) is 2.71. The van der Waals surface area contributed by atoms with Crippen LogP contribution in [0.15, 0.2) is 40.5 Å². The molecule has 0 atom stereocenters. The van der Waals surface area contributed by atoms with Crippen LogP contribution in [0.5, 0.6) is 0 Å². The van der Waals surface area contributed by atoms with Gasteiger partial charge in [-0.1, -0.05) is 17.7 Å². The molecule has 0 fully saturated rings. The lowest BCUT2D eigenvalue weighted by Crippen LogP contribution is -2.03. The first-order valence-electron chi connectivity index (χ1n) is 6.53. The third-order valence-corrected chi connectivity index (χ3v) is 4.92. The van der Waals surface area contributed by atoms with Gasteiger partial charge >= 0.3 is 0 Å². The van der Waals surface area contributed by atoms with Crippen LogP contribution >= 0.6 is 22.9 Å². The van der Waals surface area contributed by atoms with E-state index >= 15 is 0 Å². The van der Waals surface area contributed by atoms with Gasteiger partial charge in [0.1, 0.15) is 0 Å². The van der Waals surface area contributed by atoms with Crippen LogP contribution in [0, 0.1) is 6.92 Å². The van der Waals surface area contributed by atoms with Crippen molar-refractivity contribution < 1.29 is 0 Å². The molecule has 0 aliphatic heterocycles. The molecular weight excluding hydrogens is 304 g/mol. The lowest BCUT2D eigenvalue weighted by atomic mass is 10.1. The number of fused-ring (bicyclic) bond motifs is 3. The first-order chi connectivity index (χ1) is 10.1. The van der Waals surface area contributed by atoms with Crippen LogP contribution in [0.25, 0.3) is 32.4 Å². The van der Waals surface area contributed by atoms with Crippen molar-refractivity contribution in [2.75, 3.05) is 0 Å². The Morgan fingerprint density at radius 2 is 1.86 bits per heavy atom. The number of hydrogen-bond donors (Lipinski definition) is 2. The average molecular weight is 315 g/mol. The number of nitrogens with one attached hydrogen (secondary N) is 2. The number of benzene rings is 1. The SMILES string of the molecule is Cc1c(-c2cccs2)[nH]c2ccc3[nH]c(=O)cc(Cl)c3c12. The Labute approximate surface area is 129 Å². The molecule has 3 nitrogen and oxygen atoms in total. The maximum absolute atomic E-state index is 11.6. The van der Waals surface area contributed by atoms with E-state index < -0.39 is 0 Å². The van der Waals surface area contributed by atoms with Crippen LogP contribution in [0.4, 0.5) is 0 Å². The van der Waals surface area contributed by atoms with Crippen LogP contribution in [-0.2, 0) is 0 Å². The highest BCUT2D eigenvalue weighted by Crippen LogP contribution is 2.37. The fourth-order valence-corrected chi connectivity index (χ4v) is 3.90. The van der Waals surface area contributed by atoms with Gasteiger partial charge in [-0.25, -0.2) is 0 Å². The molecule has 4 rings (SSSR count). The minimum atomic E-state index is -0.182. The Morgan fingerprint density at radius 1 is 1.10 bits per heavy atom. The zero-order chi connectivity index (χ0) is 14.6. The predicted molar refractivity (Wildman–Crippen MR) is 89.5 cm³/mol. The number of hydrogen-bond acceptors (Lipinski definition) is 2. The van der Waals surface area contributed by atoms with E-state index in [1.807, 2.05) is 18.2 Å². The number of H-pyrrole nitrogens is 2. The highest BCUT2D eigenvalue weighted by Gasteiger charge is 2.15. The van der Waals surface area contributed by atoms with E-state index in [1.165, 1.54) is 10.9 Å². The third kappa shape index (κ3) is 1.83. The number of aromatic amines is 2. The number of thiophene rings is 1. The molecule has 0 saturated heterocycles. The summed E-state index contributed by atoms with van der Waals surface area (Å²) in [5.41, 5.74) is 3.86. The van der Waals surface area contributed by atoms with Crippen molar-refractivity contribution in [2.45, 2.75) is 6.92 Å². The van der Waals surface area contributed by atoms with E-state index in [9.17, 15) is 4.79 Å². The molecule has 5 heteroatoms. The number of aryl methyl sites for hydroxylation is 1. The molecule has 4 aromatic rings. The van der Waals surface area contributed by atoms with Gasteiger partial charge in [-0.05, 0) is 36.1 Å². The van der Waals surface area contributed by atoms with Crippen molar-refractivity contribution in [3.05, 3.63) is 56.7 Å². The summed E-state index contributed by atoms with van der Waals surface area (Å²) in [5.74, 6) is 0. The third-order valence-electron chi connectivity index (χ3n) is 3.74. The number of aromatic nitrogens is 2. The monoisotopic (exact) mass is 314 g/mol. The van der Waals surface area contributed by atoms with Crippen LogP contribution < -0.4 is 5.56 Å². The first kappa shape index (κ1) is 12.7. The van der Waals surface area contributed by atoms with E-state index in [0.717, 1.165) is 33.1 Å². The fourth-order valence-electron chi connectivity index (χ4n) is 2.83. The van der Waals surface area contributed by atoms with Crippen molar-refractivity contribution >= 4 is 44.7 Å². The summed E-state index contributed by atoms with van der Waals surface area (Å²) in [6.07, 6.45) is 0. The predicted octanol–water partition coefficient (Wildman–Crippen LogP) is 4.70. The van der Waals surface area contributed by atoms with Crippen molar-refractivity contribution in [1.82, 2.24) is 9.97 Å². The summed E-state index contributed by atoms with van der Waals surface area (Å²) in [6.45, 7) is 2.08. The minimum Gasteiger partial charge on any atom is -0.354 e. The van der Waals surface area contributed by atoms with Gasteiger partial charge in [0, 0.05) is 22.4 Å². The van der Waals surface area contributed by atoms with Crippen molar-refractivity contribution in [3.63, 3.8) is 0 Å². The summed E-state index contributed by atoms with van der Waals surface area (Å²) in [4.78, 5) is 19.1. The van der Waals surface area contributed by atoms with Crippen molar-refractivity contribution in [2.24, 2.45) is 0 Å². The molecule has 104 valence electrons. The van der Waals surface area contributed by atoms with Gasteiger partial charge in [0.15, 0.2) is 0 Å². The molecule has 21 heavy (non-hydrogen) atoms. The largest absolute Gasteiger partial charge is 0.354 e. The van der Waals surface area contributed by atoms with E-state index in [0.29, 0.717) is 5.02 Å². The van der Waals surface area contributed by atoms with Gasteiger partial charge in [-0.15, -0.1) is 11.3 Å². The van der Waals surface area contributed by atoms with E-state index in [-0.39, 0.29) is 5.56 Å². The van der Waals surface area contributed by atoms with Crippen molar-refractivity contribution in [1.29, 1.82) is 0 Å². The molecule has 0 bridgehead atoms. The van der Waals surface area contributed by atoms with Gasteiger partial charge in [-0.2, -0.15) is 0 Å². The Bertz CT molecular complexity index is 1030. The highest BCUT2D eigenvalue weighted by atomic mass is 35.5. The standard InChI is InChI=1S/C16H11ClN2OS/c1-8-14-10(19-16(8)12-3-2-6-21-12)4-5-11-15(14)9(17)7-13(20)18-11/h2-7,19H,1H3,(H,18,20). The van der Waals surface area contributed by atoms with Gasteiger partial charge in [0.2, 0.25) is 5.56 Å². The molecule has 0 spiro atoms. The molecule has 0 aliphatic carbocycles. The van der Waals surface area contributed by atoms with Gasteiger partial charge in [0.25, 0.3) is 0 Å². The molecular formula is C16H11ClN2OS. The molecule has 0 amide bonds. The first-order valence-corrected chi connectivity index (χ1v) is 7.78. The van der Waals surface area contributed by atoms with Gasteiger partial charge < -0.3 is 9.97 Å². The Morgan fingerprint density at radius 3 is 2.57 bits per heavy atom. The second kappa shape index (κ2) is 4.48. The maximum atomic E-state index is 11.6. The van der Waals surface area contributed by atoms with Crippen molar-refractivity contribution in [3.8, 4) is 10.6 Å². The molecule has 1 aromatic carbocycles. The van der Waals surface area contributed by atoms with Gasteiger partial charge in [0.05, 0.1) is 21.1 Å². The molecule has 0 saturated carbocycles. The molecule has 0 aliphatic rings. The lowest BCUT2D eigenvalue weighted by Gasteiger charge is -2.03. The summed E-state index contributed by atoms with van der Waals surface area (Å²) >= 11 is 8.01. The average Bonchev–Trinajstić information content (AvgIpc) is 3.06. The number of halogens is 1. The lowest BCUT2D eigenvalue weighted by molar-refractivity contribution is 1.31. The second-order valence-corrected chi connectivity index (χ2v) is 6.35.